The molecule has 0 fully saturated rings. The van der Waals surface area contributed by atoms with Crippen LogP contribution in [0.25, 0.3) is 11.7 Å². The molecule has 0 saturated carbocycles. The van der Waals surface area contributed by atoms with E-state index in [9.17, 15) is 13.6 Å². The lowest BCUT2D eigenvalue weighted by Gasteiger charge is -2.05. The highest BCUT2D eigenvalue weighted by atomic mass is 32.2. The second kappa shape index (κ2) is 6.33. The fourth-order valence-corrected chi connectivity index (χ4v) is 2.68. The largest absolute Gasteiger partial charge is 0.586 e. The highest BCUT2D eigenvalue weighted by Crippen LogP contribution is 2.42. The molecule has 8 nitrogen and oxygen atoms in total. The Kier molecular flexibility index (Phi) is 3.99. The second-order valence-corrected chi connectivity index (χ2v) is 5.94. The molecule has 11 heteroatoms. The second-order valence-electron chi connectivity index (χ2n) is 5.02. The lowest BCUT2D eigenvalue weighted by molar-refractivity contribution is -0.286. The molecule has 1 amide bonds. The van der Waals surface area contributed by atoms with Crippen molar-refractivity contribution in [3.63, 3.8) is 0 Å². The van der Waals surface area contributed by atoms with E-state index in [1.165, 1.54) is 24.5 Å². The van der Waals surface area contributed by atoms with Crippen LogP contribution in [0.2, 0.25) is 0 Å². The summed E-state index contributed by atoms with van der Waals surface area (Å²) in [4.78, 5) is 12.0. The number of thioether (sulfide) groups is 1. The van der Waals surface area contributed by atoms with Crippen molar-refractivity contribution < 1.29 is 31.9 Å². The van der Waals surface area contributed by atoms with Gasteiger partial charge in [0, 0.05) is 11.8 Å². The lowest BCUT2D eigenvalue weighted by atomic mass is 10.3. The van der Waals surface area contributed by atoms with E-state index in [1.54, 1.807) is 12.1 Å². The van der Waals surface area contributed by atoms with Gasteiger partial charge in [0.25, 0.3) is 11.1 Å². The predicted octanol–water partition coefficient (Wildman–Crippen LogP) is 3.38. The fraction of sp³-hybridized carbons (Fsp3) is 0.133. The minimum atomic E-state index is -3.70. The minimum Gasteiger partial charge on any atom is -0.459 e. The maximum absolute atomic E-state index is 13.0. The van der Waals surface area contributed by atoms with Crippen molar-refractivity contribution in [2.45, 2.75) is 11.5 Å². The van der Waals surface area contributed by atoms with Crippen molar-refractivity contribution in [3.8, 4) is 23.1 Å². The zero-order chi connectivity index (χ0) is 18.1. The molecule has 0 spiro atoms. The van der Waals surface area contributed by atoms with Gasteiger partial charge in [0.05, 0.1) is 12.0 Å². The molecule has 1 aromatic carbocycles. The number of benzene rings is 1. The standard InChI is InChI=1S/C15H9F2N3O5S/c16-15(17)24-9-4-3-8(6-11(9)25-15)18-12(21)7-26-14-20-19-13(23-14)10-2-1-5-22-10/h1-6H,7H2,(H,18,21). The molecule has 0 unspecified atom stereocenters. The fourth-order valence-electron chi connectivity index (χ4n) is 2.12. The average molecular weight is 381 g/mol. The third-order valence-corrected chi connectivity index (χ3v) is 3.97. The van der Waals surface area contributed by atoms with Crippen molar-refractivity contribution in [2.24, 2.45) is 0 Å². The Morgan fingerprint density at radius 1 is 1.19 bits per heavy atom. The molecule has 3 heterocycles. The number of nitrogens with one attached hydrogen (secondary N) is 1. The lowest BCUT2D eigenvalue weighted by Crippen LogP contribution is -2.25. The van der Waals surface area contributed by atoms with Crippen LogP contribution in [0.15, 0.2) is 50.7 Å². The molecule has 1 aliphatic rings. The highest BCUT2D eigenvalue weighted by Gasteiger charge is 2.43. The summed E-state index contributed by atoms with van der Waals surface area (Å²) < 4.78 is 45.1. The number of carbonyl (C=O) groups excluding carboxylic acids is 1. The van der Waals surface area contributed by atoms with Crippen molar-refractivity contribution >= 4 is 23.4 Å². The van der Waals surface area contributed by atoms with Crippen molar-refractivity contribution in [1.29, 1.82) is 0 Å². The summed E-state index contributed by atoms with van der Waals surface area (Å²) in [7, 11) is 0. The number of aromatic nitrogens is 2. The van der Waals surface area contributed by atoms with Crippen molar-refractivity contribution in [2.75, 3.05) is 11.1 Å². The number of ether oxygens (including phenoxy) is 2. The van der Waals surface area contributed by atoms with Gasteiger partial charge in [-0.25, -0.2) is 0 Å². The molecule has 0 radical (unpaired) electrons. The summed E-state index contributed by atoms with van der Waals surface area (Å²) in [5.74, 6) is -0.0391. The van der Waals surface area contributed by atoms with Crippen LogP contribution in [-0.2, 0) is 4.79 Å². The normalized spacial score (nSPS) is 14.4. The Balaban J connectivity index is 1.34. The average Bonchev–Trinajstić information content (AvgIpc) is 3.30. The van der Waals surface area contributed by atoms with Crippen LogP contribution in [0.5, 0.6) is 11.5 Å². The van der Waals surface area contributed by atoms with E-state index < -0.39 is 12.2 Å². The molecule has 0 bridgehead atoms. The summed E-state index contributed by atoms with van der Waals surface area (Å²) in [5.41, 5.74) is 0.289. The number of amides is 1. The number of carbonyl (C=O) groups is 1. The Hall–Kier alpha value is -3.08. The number of hydrogen-bond acceptors (Lipinski definition) is 8. The Bertz CT molecular complexity index is 945. The van der Waals surface area contributed by atoms with E-state index in [1.807, 2.05) is 0 Å². The number of alkyl halides is 2. The molecule has 26 heavy (non-hydrogen) atoms. The van der Waals surface area contributed by atoms with Gasteiger partial charge in [-0.05, 0) is 24.3 Å². The van der Waals surface area contributed by atoms with Crippen molar-refractivity contribution in [3.05, 3.63) is 36.6 Å². The number of hydrogen-bond donors (Lipinski definition) is 1. The summed E-state index contributed by atoms with van der Waals surface area (Å²) in [6.45, 7) is 0. The zero-order valence-corrected chi connectivity index (χ0v) is 13.6. The van der Waals surface area contributed by atoms with Crippen LogP contribution in [0.1, 0.15) is 0 Å². The first-order valence-electron chi connectivity index (χ1n) is 7.18. The number of nitrogens with zero attached hydrogens (tertiary/aromatic N) is 2. The first-order chi connectivity index (χ1) is 12.5. The van der Waals surface area contributed by atoms with Gasteiger partial charge in [0.2, 0.25) is 5.91 Å². The van der Waals surface area contributed by atoms with Gasteiger partial charge < -0.3 is 23.6 Å². The molecule has 0 saturated heterocycles. The topological polar surface area (TPSA) is 99.6 Å². The molecule has 0 atom stereocenters. The molecule has 1 N–H and O–H groups in total. The maximum atomic E-state index is 13.0. The van der Waals surface area contributed by atoms with Gasteiger partial charge in [-0.1, -0.05) is 11.8 Å². The molecule has 0 aliphatic carbocycles. The first-order valence-corrected chi connectivity index (χ1v) is 8.17. The van der Waals surface area contributed by atoms with Crippen LogP contribution >= 0.6 is 11.8 Å². The monoisotopic (exact) mass is 381 g/mol. The summed E-state index contributed by atoms with van der Waals surface area (Å²) in [6.07, 6.45) is -2.23. The molecule has 2 aromatic heterocycles. The van der Waals surface area contributed by atoms with Crippen molar-refractivity contribution in [1.82, 2.24) is 10.2 Å². The minimum absolute atomic E-state index is 0.0234. The van der Waals surface area contributed by atoms with Crippen LogP contribution in [0.4, 0.5) is 14.5 Å². The number of fused-ring (bicyclic) bond motifs is 1. The molecule has 4 rings (SSSR count). The molecule has 3 aromatic rings. The quantitative estimate of drug-likeness (QED) is 0.672. The van der Waals surface area contributed by atoms with Gasteiger partial charge in [0.15, 0.2) is 17.3 Å². The van der Waals surface area contributed by atoms with E-state index in [0.29, 0.717) is 5.76 Å². The van der Waals surface area contributed by atoms with Gasteiger partial charge in [-0.2, -0.15) is 0 Å². The number of anilines is 1. The number of halogens is 2. The summed E-state index contributed by atoms with van der Waals surface area (Å²) in [5, 5.41) is 10.4. The van der Waals surface area contributed by atoms with E-state index in [2.05, 4.69) is 25.0 Å². The van der Waals surface area contributed by atoms with E-state index in [4.69, 9.17) is 8.83 Å². The third kappa shape index (κ3) is 3.47. The first kappa shape index (κ1) is 16.4. The number of furan rings is 1. The molecule has 1 aliphatic heterocycles. The number of rotatable bonds is 5. The van der Waals surface area contributed by atoms with Crippen LogP contribution in [-0.4, -0.2) is 28.2 Å². The van der Waals surface area contributed by atoms with Gasteiger partial charge in [0.1, 0.15) is 0 Å². The Labute approximate surface area is 148 Å². The van der Waals surface area contributed by atoms with E-state index in [-0.39, 0.29) is 34.1 Å². The molecular weight excluding hydrogens is 372 g/mol. The predicted molar refractivity (Wildman–Crippen MR) is 84.0 cm³/mol. The third-order valence-electron chi connectivity index (χ3n) is 3.15. The SMILES string of the molecule is O=C(CSc1nnc(-c2ccco2)o1)Nc1ccc2c(c1)OC(F)(F)O2. The summed E-state index contributed by atoms with van der Waals surface area (Å²) >= 11 is 1.02. The Morgan fingerprint density at radius 3 is 2.85 bits per heavy atom. The van der Waals surface area contributed by atoms with Crippen LogP contribution in [0.3, 0.4) is 0 Å². The Morgan fingerprint density at radius 2 is 2.04 bits per heavy atom. The summed E-state index contributed by atoms with van der Waals surface area (Å²) in [6, 6.07) is 7.31. The highest BCUT2D eigenvalue weighted by molar-refractivity contribution is 7.99. The van der Waals surface area contributed by atoms with Crippen LogP contribution < -0.4 is 14.8 Å². The van der Waals surface area contributed by atoms with Gasteiger partial charge in [-0.3, -0.25) is 4.79 Å². The molecule has 134 valence electrons. The van der Waals surface area contributed by atoms with E-state index in [0.717, 1.165) is 11.8 Å². The molecular formula is C15H9F2N3O5S. The van der Waals surface area contributed by atoms with Gasteiger partial charge in [-0.15, -0.1) is 19.0 Å². The smallest absolute Gasteiger partial charge is 0.459 e. The van der Waals surface area contributed by atoms with Crippen LogP contribution in [0, 0.1) is 0 Å². The zero-order valence-electron chi connectivity index (χ0n) is 12.8. The van der Waals surface area contributed by atoms with E-state index >= 15 is 0 Å². The van der Waals surface area contributed by atoms with Gasteiger partial charge >= 0.3 is 6.29 Å². The maximum Gasteiger partial charge on any atom is 0.586 e.